The van der Waals surface area contributed by atoms with Crippen LogP contribution in [-0.4, -0.2) is 61.5 Å². The van der Waals surface area contributed by atoms with E-state index in [4.69, 9.17) is 32.7 Å². The van der Waals surface area contributed by atoms with Crippen molar-refractivity contribution in [2.24, 2.45) is 0 Å². The Bertz CT molecular complexity index is 867. The maximum absolute atomic E-state index is 12.6. The highest BCUT2D eigenvalue weighted by atomic mass is 35.5. The first-order valence-corrected chi connectivity index (χ1v) is 9.52. The van der Waals surface area contributed by atoms with E-state index in [0.29, 0.717) is 53.3 Å². The Hall–Kier alpha value is -2.44. The Kier molecular flexibility index (Phi) is 6.65. The van der Waals surface area contributed by atoms with Gasteiger partial charge in [-0.1, -0.05) is 29.3 Å². The van der Waals surface area contributed by atoms with Crippen LogP contribution in [-0.2, 0) is 4.79 Å². The third kappa shape index (κ3) is 4.88. The highest BCUT2D eigenvalue weighted by molar-refractivity contribution is 6.35. The lowest BCUT2D eigenvalue weighted by atomic mass is 10.1. The summed E-state index contributed by atoms with van der Waals surface area (Å²) in [7, 11) is 1.56. The number of piperazine rings is 1. The standard InChI is InChI=1S/C20H20Cl2N2O4/c1-27-16-4-2-3-14(11-16)20(26)24-9-7-23(8-10-24)19(25)13-28-18-6-5-15(21)12-17(18)22/h2-6,11-12H,7-10,13H2,1H3. The Morgan fingerprint density at radius 1 is 1.00 bits per heavy atom. The van der Waals surface area contributed by atoms with Crippen LogP contribution in [0.4, 0.5) is 0 Å². The van der Waals surface area contributed by atoms with Crippen LogP contribution in [0, 0.1) is 0 Å². The summed E-state index contributed by atoms with van der Waals surface area (Å²) in [6, 6.07) is 11.9. The zero-order valence-corrected chi connectivity index (χ0v) is 16.9. The van der Waals surface area contributed by atoms with E-state index in [1.54, 1.807) is 59.4 Å². The van der Waals surface area contributed by atoms with Gasteiger partial charge in [-0.05, 0) is 36.4 Å². The highest BCUT2D eigenvalue weighted by Crippen LogP contribution is 2.27. The Morgan fingerprint density at radius 3 is 2.39 bits per heavy atom. The van der Waals surface area contributed by atoms with Crippen LogP contribution in [0.3, 0.4) is 0 Å². The zero-order valence-electron chi connectivity index (χ0n) is 15.4. The van der Waals surface area contributed by atoms with Crippen molar-refractivity contribution in [2.75, 3.05) is 39.9 Å². The minimum Gasteiger partial charge on any atom is -0.497 e. The molecule has 0 unspecified atom stereocenters. The number of ether oxygens (including phenoxy) is 2. The summed E-state index contributed by atoms with van der Waals surface area (Å²) in [5, 5.41) is 0.856. The van der Waals surface area contributed by atoms with Crippen LogP contribution in [0.5, 0.6) is 11.5 Å². The van der Waals surface area contributed by atoms with Gasteiger partial charge in [-0.25, -0.2) is 0 Å². The molecule has 0 saturated carbocycles. The molecule has 28 heavy (non-hydrogen) atoms. The lowest BCUT2D eigenvalue weighted by Gasteiger charge is -2.34. The fraction of sp³-hybridized carbons (Fsp3) is 0.300. The van der Waals surface area contributed by atoms with Crippen LogP contribution in [0.15, 0.2) is 42.5 Å². The number of benzene rings is 2. The van der Waals surface area contributed by atoms with Gasteiger partial charge in [0.15, 0.2) is 6.61 Å². The van der Waals surface area contributed by atoms with Crippen LogP contribution in [0.1, 0.15) is 10.4 Å². The van der Waals surface area contributed by atoms with Crippen LogP contribution < -0.4 is 9.47 Å². The van der Waals surface area contributed by atoms with Gasteiger partial charge < -0.3 is 19.3 Å². The summed E-state index contributed by atoms with van der Waals surface area (Å²) in [5.74, 6) is 0.818. The van der Waals surface area contributed by atoms with Gasteiger partial charge in [0, 0.05) is 36.8 Å². The van der Waals surface area contributed by atoms with E-state index >= 15 is 0 Å². The van der Waals surface area contributed by atoms with Gasteiger partial charge >= 0.3 is 0 Å². The quantitative estimate of drug-likeness (QED) is 0.740. The SMILES string of the molecule is COc1cccc(C(=O)N2CCN(C(=O)COc3ccc(Cl)cc3Cl)CC2)c1. The molecular formula is C20H20Cl2N2O4. The molecule has 1 saturated heterocycles. The number of amides is 2. The van der Waals surface area contributed by atoms with Crippen molar-refractivity contribution in [3.63, 3.8) is 0 Å². The van der Waals surface area contributed by atoms with Crippen molar-refractivity contribution in [2.45, 2.75) is 0 Å². The van der Waals surface area contributed by atoms with Crippen molar-refractivity contribution < 1.29 is 19.1 Å². The van der Waals surface area contributed by atoms with E-state index < -0.39 is 0 Å². The van der Waals surface area contributed by atoms with Gasteiger partial charge in [0.05, 0.1) is 12.1 Å². The molecule has 6 nitrogen and oxygen atoms in total. The second kappa shape index (κ2) is 9.17. The summed E-state index contributed by atoms with van der Waals surface area (Å²) in [6.45, 7) is 1.71. The van der Waals surface area contributed by atoms with E-state index in [0.717, 1.165) is 0 Å². The Morgan fingerprint density at radius 2 is 1.71 bits per heavy atom. The molecule has 0 aromatic heterocycles. The van der Waals surface area contributed by atoms with Crippen LogP contribution >= 0.6 is 23.2 Å². The van der Waals surface area contributed by atoms with Gasteiger partial charge in [0.2, 0.25) is 0 Å². The predicted molar refractivity (Wildman–Crippen MR) is 107 cm³/mol. The van der Waals surface area contributed by atoms with Crippen molar-refractivity contribution >= 4 is 35.0 Å². The fourth-order valence-corrected chi connectivity index (χ4v) is 3.38. The minimum atomic E-state index is -0.153. The van der Waals surface area contributed by atoms with Crippen molar-refractivity contribution in [3.8, 4) is 11.5 Å². The van der Waals surface area contributed by atoms with E-state index in [2.05, 4.69) is 0 Å². The summed E-state index contributed by atoms with van der Waals surface area (Å²) >= 11 is 11.9. The average molecular weight is 423 g/mol. The normalized spacial score (nSPS) is 14.0. The molecule has 2 aromatic carbocycles. The molecule has 8 heteroatoms. The second-order valence-electron chi connectivity index (χ2n) is 6.27. The van der Waals surface area contributed by atoms with Gasteiger partial charge in [0.1, 0.15) is 11.5 Å². The third-order valence-electron chi connectivity index (χ3n) is 4.48. The van der Waals surface area contributed by atoms with E-state index in [1.807, 2.05) is 0 Å². The molecular weight excluding hydrogens is 403 g/mol. The minimum absolute atomic E-state index is 0.0739. The number of rotatable bonds is 5. The first kappa shape index (κ1) is 20.3. The average Bonchev–Trinajstić information content (AvgIpc) is 2.72. The summed E-state index contributed by atoms with van der Waals surface area (Å²) in [4.78, 5) is 28.4. The maximum atomic E-state index is 12.6. The molecule has 148 valence electrons. The lowest BCUT2D eigenvalue weighted by Crippen LogP contribution is -2.51. The topological polar surface area (TPSA) is 59.1 Å². The maximum Gasteiger partial charge on any atom is 0.260 e. The molecule has 0 N–H and O–H groups in total. The molecule has 0 bridgehead atoms. The molecule has 2 aromatic rings. The molecule has 2 amide bonds. The highest BCUT2D eigenvalue weighted by Gasteiger charge is 2.25. The van der Waals surface area contributed by atoms with Gasteiger partial charge in [-0.3, -0.25) is 9.59 Å². The van der Waals surface area contributed by atoms with Crippen molar-refractivity contribution in [3.05, 3.63) is 58.1 Å². The second-order valence-corrected chi connectivity index (χ2v) is 7.11. The summed E-state index contributed by atoms with van der Waals surface area (Å²) in [5.41, 5.74) is 0.569. The van der Waals surface area contributed by atoms with E-state index in [9.17, 15) is 9.59 Å². The molecule has 0 aliphatic carbocycles. The summed E-state index contributed by atoms with van der Waals surface area (Å²) < 4.78 is 10.7. The van der Waals surface area contributed by atoms with Gasteiger partial charge in [0.25, 0.3) is 11.8 Å². The van der Waals surface area contributed by atoms with Crippen molar-refractivity contribution in [1.29, 1.82) is 0 Å². The van der Waals surface area contributed by atoms with Crippen LogP contribution in [0.2, 0.25) is 10.0 Å². The number of halogens is 2. The number of hydrogen-bond donors (Lipinski definition) is 0. The number of methoxy groups -OCH3 is 1. The number of carbonyl (C=O) groups is 2. The third-order valence-corrected chi connectivity index (χ3v) is 5.01. The molecule has 0 radical (unpaired) electrons. The van der Waals surface area contributed by atoms with Crippen LogP contribution in [0.25, 0.3) is 0 Å². The molecule has 0 spiro atoms. The largest absolute Gasteiger partial charge is 0.497 e. The monoisotopic (exact) mass is 422 g/mol. The zero-order chi connectivity index (χ0) is 20.1. The molecule has 1 aliphatic rings. The van der Waals surface area contributed by atoms with E-state index in [-0.39, 0.29) is 18.4 Å². The number of carbonyl (C=O) groups excluding carboxylic acids is 2. The molecule has 1 aliphatic heterocycles. The number of nitrogens with zero attached hydrogens (tertiary/aromatic N) is 2. The Balaban J connectivity index is 1.51. The van der Waals surface area contributed by atoms with Gasteiger partial charge in [-0.2, -0.15) is 0 Å². The predicted octanol–water partition coefficient (Wildman–Crippen LogP) is 3.37. The number of hydrogen-bond acceptors (Lipinski definition) is 4. The van der Waals surface area contributed by atoms with E-state index in [1.165, 1.54) is 0 Å². The van der Waals surface area contributed by atoms with Crippen molar-refractivity contribution in [1.82, 2.24) is 9.80 Å². The fourth-order valence-electron chi connectivity index (χ4n) is 2.92. The first-order chi connectivity index (χ1) is 13.5. The smallest absolute Gasteiger partial charge is 0.260 e. The summed E-state index contributed by atoms with van der Waals surface area (Å²) in [6.07, 6.45) is 0. The lowest BCUT2D eigenvalue weighted by molar-refractivity contribution is -0.134. The molecule has 3 rings (SSSR count). The first-order valence-electron chi connectivity index (χ1n) is 8.77. The molecule has 1 fully saturated rings. The Labute approximate surface area is 173 Å². The molecule has 0 atom stereocenters. The van der Waals surface area contributed by atoms with Gasteiger partial charge in [-0.15, -0.1) is 0 Å². The molecule has 1 heterocycles.